The van der Waals surface area contributed by atoms with Gasteiger partial charge in [-0.3, -0.25) is 9.69 Å². The topological polar surface area (TPSA) is 52.9 Å². The summed E-state index contributed by atoms with van der Waals surface area (Å²) >= 11 is 0. The predicted octanol–water partition coefficient (Wildman–Crippen LogP) is 4.28. The molecule has 3 aliphatic heterocycles. The number of fused-ring (bicyclic) bond motifs is 2. The van der Waals surface area contributed by atoms with Gasteiger partial charge in [0.25, 0.3) is 5.91 Å². The molecule has 5 heterocycles. The molecule has 174 valence electrons. The van der Waals surface area contributed by atoms with Crippen LogP contribution >= 0.6 is 0 Å². The van der Waals surface area contributed by atoms with Crippen molar-refractivity contribution >= 4 is 17.1 Å². The lowest BCUT2D eigenvalue weighted by atomic mass is 10.0. The van der Waals surface area contributed by atoms with Crippen molar-refractivity contribution in [2.24, 2.45) is 0 Å². The zero-order valence-corrected chi connectivity index (χ0v) is 20.0. The van der Waals surface area contributed by atoms with Crippen LogP contribution in [0.3, 0.4) is 0 Å². The van der Waals surface area contributed by atoms with E-state index >= 15 is 0 Å². The number of pyridine rings is 1. The number of hydrogen-bond acceptors (Lipinski definition) is 4. The standard InChI is InChI=1S/C28H31N5O/c1-18-13-31(14-19(2)29-18)25-10-9-24-6-4-5-22(12-27(34)33(24)17-25)23-11-26(21-7-8-21)28-30-20(3)15-32(28)16-23/h4-6,9-12,15-19,21,29H,7-8,13-14H2,1-3H3/b5-4?,22-12?,24-6+/t18-,19+. The number of hydrogen-bond donors (Lipinski definition) is 1. The van der Waals surface area contributed by atoms with E-state index < -0.39 is 0 Å². The predicted molar refractivity (Wildman–Crippen MR) is 135 cm³/mol. The van der Waals surface area contributed by atoms with Crippen molar-refractivity contribution in [2.75, 3.05) is 13.1 Å². The van der Waals surface area contributed by atoms with Crippen molar-refractivity contribution in [2.45, 2.75) is 51.6 Å². The van der Waals surface area contributed by atoms with Crippen molar-refractivity contribution in [3.05, 3.63) is 89.3 Å². The second-order valence-electron chi connectivity index (χ2n) is 10.1. The molecule has 0 aromatic carbocycles. The average Bonchev–Trinajstić information content (AvgIpc) is 3.56. The number of piperazine rings is 1. The van der Waals surface area contributed by atoms with Gasteiger partial charge in [0.2, 0.25) is 0 Å². The first-order valence-corrected chi connectivity index (χ1v) is 12.3. The number of carbonyl (C=O) groups excluding carboxylic acids is 1. The largest absolute Gasteiger partial charge is 0.367 e. The van der Waals surface area contributed by atoms with Crippen LogP contribution in [-0.2, 0) is 4.79 Å². The van der Waals surface area contributed by atoms with E-state index in [0.29, 0.717) is 18.0 Å². The second kappa shape index (κ2) is 8.13. The minimum Gasteiger partial charge on any atom is -0.367 e. The summed E-state index contributed by atoms with van der Waals surface area (Å²) in [5, 5.41) is 3.58. The Bertz CT molecular complexity index is 1310. The lowest BCUT2D eigenvalue weighted by molar-refractivity contribution is -0.122. The van der Waals surface area contributed by atoms with Crippen molar-refractivity contribution in [3.8, 4) is 0 Å². The summed E-state index contributed by atoms with van der Waals surface area (Å²) in [6, 6.07) is 3.06. The molecule has 1 N–H and O–H groups in total. The molecular formula is C28H31N5O. The molecule has 2 fully saturated rings. The third-order valence-corrected chi connectivity index (χ3v) is 7.00. The summed E-state index contributed by atoms with van der Waals surface area (Å²) in [5.74, 6) is 0.546. The van der Waals surface area contributed by atoms with Gasteiger partial charge in [-0.2, -0.15) is 0 Å². The summed E-state index contributed by atoms with van der Waals surface area (Å²) in [5.41, 5.74) is 7.28. The van der Waals surface area contributed by atoms with Crippen LogP contribution in [0.1, 0.15) is 49.4 Å². The summed E-state index contributed by atoms with van der Waals surface area (Å²) in [4.78, 5) is 22.4. The van der Waals surface area contributed by atoms with Crippen LogP contribution in [0.15, 0.2) is 72.5 Å². The molecule has 0 unspecified atom stereocenters. The van der Waals surface area contributed by atoms with E-state index in [-0.39, 0.29) is 5.91 Å². The quantitative estimate of drug-likeness (QED) is 0.754. The van der Waals surface area contributed by atoms with E-state index in [9.17, 15) is 4.79 Å². The van der Waals surface area contributed by atoms with Gasteiger partial charge in [-0.05, 0) is 80.5 Å². The van der Waals surface area contributed by atoms with Crippen LogP contribution in [0, 0.1) is 6.92 Å². The van der Waals surface area contributed by atoms with Gasteiger partial charge < -0.3 is 14.6 Å². The summed E-state index contributed by atoms with van der Waals surface area (Å²) in [7, 11) is 0. The second-order valence-corrected chi connectivity index (χ2v) is 10.1. The Balaban J connectivity index is 1.35. The minimum atomic E-state index is -0.0291. The summed E-state index contributed by atoms with van der Waals surface area (Å²) in [6.45, 7) is 8.29. The molecule has 1 saturated carbocycles. The van der Waals surface area contributed by atoms with Crippen LogP contribution in [0.2, 0.25) is 0 Å². The molecule has 2 atom stereocenters. The van der Waals surface area contributed by atoms with Gasteiger partial charge in [-0.1, -0.05) is 12.2 Å². The van der Waals surface area contributed by atoms with Gasteiger partial charge >= 0.3 is 0 Å². The number of allylic oxidation sites excluding steroid dienone is 6. The van der Waals surface area contributed by atoms with Gasteiger partial charge in [0.15, 0.2) is 0 Å². The first-order chi connectivity index (χ1) is 16.4. The van der Waals surface area contributed by atoms with Crippen molar-refractivity contribution in [1.29, 1.82) is 0 Å². The highest BCUT2D eigenvalue weighted by atomic mass is 16.2. The molecule has 2 aromatic heterocycles. The lowest BCUT2D eigenvalue weighted by Gasteiger charge is -2.39. The smallest absolute Gasteiger partial charge is 0.255 e. The van der Waals surface area contributed by atoms with Crippen LogP contribution in [0.5, 0.6) is 0 Å². The van der Waals surface area contributed by atoms with Crippen molar-refractivity contribution in [3.63, 3.8) is 0 Å². The molecule has 0 spiro atoms. The van der Waals surface area contributed by atoms with E-state index in [1.807, 2.05) is 37.4 Å². The van der Waals surface area contributed by atoms with Crippen molar-refractivity contribution < 1.29 is 4.79 Å². The molecule has 34 heavy (non-hydrogen) atoms. The maximum absolute atomic E-state index is 13.5. The zero-order chi connectivity index (χ0) is 23.4. The zero-order valence-electron chi connectivity index (χ0n) is 20.0. The Morgan fingerprint density at radius 3 is 2.56 bits per heavy atom. The number of carbonyl (C=O) groups is 1. The molecule has 6 rings (SSSR count). The lowest BCUT2D eigenvalue weighted by Crippen LogP contribution is -2.53. The summed E-state index contributed by atoms with van der Waals surface area (Å²) < 4.78 is 2.12. The van der Waals surface area contributed by atoms with E-state index in [0.717, 1.165) is 47.0 Å². The Labute approximate surface area is 200 Å². The third-order valence-electron chi connectivity index (χ3n) is 7.00. The Hall–Kier alpha value is -3.38. The number of nitrogens with one attached hydrogen (secondary N) is 1. The number of aryl methyl sites for hydroxylation is 1. The number of amides is 1. The molecule has 6 heteroatoms. The van der Waals surface area contributed by atoms with Crippen LogP contribution in [0.25, 0.3) is 11.2 Å². The molecule has 1 saturated heterocycles. The van der Waals surface area contributed by atoms with Gasteiger partial charge in [0.1, 0.15) is 5.65 Å². The van der Waals surface area contributed by atoms with Crippen LogP contribution in [-0.4, -0.2) is 50.3 Å². The van der Waals surface area contributed by atoms with Crippen LogP contribution < -0.4 is 5.32 Å². The van der Waals surface area contributed by atoms with E-state index in [1.165, 1.54) is 18.4 Å². The Morgan fingerprint density at radius 1 is 1.03 bits per heavy atom. The molecule has 0 bridgehead atoms. The highest BCUT2D eigenvalue weighted by Crippen LogP contribution is 2.42. The number of aromatic nitrogens is 2. The molecule has 4 aliphatic rings. The van der Waals surface area contributed by atoms with E-state index in [4.69, 9.17) is 4.98 Å². The molecule has 2 aromatic rings. The SMILES string of the molecule is Cc1cn2cc(C3=CC(=O)N4C=C(N5C[C@@H](C)N[C@@H](C)C5)C=C/C4=C\C=C3)cc(C3CC3)c2n1. The van der Waals surface area contributed by atoms with E-state index in [1.54, 1.807) is 11.0 Å². The van der Waals surface area contributed by atoms with Crippen LogP contribution in [0.4, 0.5) is 0 Å². The van der Waals surface area contributed by atoms with Crippen molar-refractivity contribution in [1.82, 2.24) is 24.5 Å². The minimum absolute atomic E-state index is 0.0291. The third kappa shape index (κ3) is 3.92. The molecular weight excluding hydrogens is 422 g/mol. The highest BCUT2D eigenvalue weighted by molar-refractivity contribution is 6.00. The monoisotopic (exact) mass is 453 g/mol. The fraction of sp³-hybridized carbons (Fsp3) is 0.357. The fourth-order valence-electron chi connectivity index (χ4n) is 5.33. The molecule has 1 aliphatic carbocycles. The molecule has 6 nitrogen and oxygen atoms in total. The normalized spacial score (nSPS) is 26.6. The Morgan fingerprint density at radius 2 is 1.79 bits per heavy atom. The number of rotatable bonds is 3. The summed E-state index contributed by atoms with van der Waals surface area (Å²) in [6.07, 6.45) is 20.6. The van der Waals surface area contributed by atoms with E-state index in [2.05, 4.69) is 53.0 Å². The first-order valence-electron chi connectivity index (χ1n) is 12.3. The van der Waals surface area contributed by atoms with Gasteiger partial charge in [-0.25, -0.2) is 4.98 Å². The average molecular weight is 454 g/mol. The number of nitrogens with zero attached hydrogens (tertiary/aromatic N) is 4. The molecule has 0 radical (unpaired) electrons. The highest BCUT2D eigenvalue weighted by Gasteiger charge is 2.28. The maximum Gasteiger partial charge on any atom is 0.255 e. The van der Waals surface area contributed by atoms with Gasteiger partial charge in [0, 0.05) is 55.5 Å². The van der Waals surface area contributed by atoms with Gasteiger partial charge in [0.05, 0.1) is 11.4 Å². The maximum atomic E-state index is 13.5. The fourth-order valence-corrected chi connectivity index (χ4v) is 5.33. The van der Waals surface area contributed by atoms with Gasteiger partial charge in [-0.15, -0.1) is 0 Å². The Kier molecular flexibility index (Phi) is 5.06. The first kappa shape index (κ1) is 21.2. The molecule has 1 amide bonds. The number of imidazole rings is 1.